The standard InChI is InChI=1S/C19H24N6O5.ClH/c1-3-10(2)16(21)19(29)30-9-24-14(26)8-7-13(17(24)27)25-18(28)15-11(20)5-4-6-12(15)22-23-25;/h4-6,10,13,16H,3,7-9,20-21H2,1-2H3;1H/t10-,13-,16-;/m0./s1. The number of benzene rings is 1. The quantitative estimate of drug-likeness (QED) is 0.357. The number of esters is 1. The Hall–Kier alpha value is -3.05. The number of nitrogens with two attached hydrogens (primary N) is 2. The minimum atomic E-state index is -1.06. The normalized spacial score (nSPS) is 18.4. The summed E-state index contributed by atoms with van der Waals surface area (Å²) in [5.41, 5.74) is 11.6. The van der Waals surface area contributed by atoms with Gasteiger partial charge in [0.15, 0.2) is 6.73 Å². The van der Waals surface area contributed by atoms with Gasteiger partial charge in [-0.25, -0.2) is 4.90 Å². The lowest BCUT2D eigenvalue weighted by Gasteiger charge is -2.30. The van der Waals surface area contributed by atoms with E-state index in [1.165, 1.54) is 0 Å². The van der Waals surface area contributed by atoms with E-state index in [9.17, 15) is 19.2 Å². The minimum absolute atomic E-state index is 0. The van der Waals surface area contributed by atoms with Crippen LogP contribution in [0.2, 0.25) is 0 Å². The van der Waals surface area contributed by atoms with Crippen LogP contribution in [0.4, 0.5) is 5.69 Å². The summed E-state index contributed by atoms with van der Waals surface area (Å²) in [4.78, 5) is 50.9. The Bertz CT molecular complexity index is 1060. The summed E-state index contributed by atoms with van der Waals surface area (Å²) < 4.78 is 6.01. The van der Waals surface area contributed by atoms with Gasteiger partial charge in [-0.15, -0.1) is 17.5 Å². The number of nitrogen functional groups attached to an aromatic ring is 1. The van der Waals surface area contributed by atoms with E-state index in [-0.39, 0.29) is 42.2 Å². The minimum Gasteiger partial charge on any atom is -0.443 e. The largest absolute Gasteiger partial charge is 0.443 e. The van der Waals surface area contributed by atoms with Gasteiger partial charge >= 0.3 is 5.97 Å². The first-order valence-corrected chi connectivity index (χ1v) is 9.66. The third kappa shape index (κ3) is 4.67. The number of aromatic nitrogens is 3. The van der Waals surface area contributed by atoms with Gasteiger partial charge in [-0.1, -0.05) is 31.5 Å². The number of fused-ring (bicyclic) bond motifs is 1. The van der Waals surface area contributed by atoms with Crippen LogP contribution in [0.5, 0.6) is 0 Å². The van der Waals surface area contributed by atoms with E-state index in [2.05, 4.69) is 10.3 Å². The van der Waals surface area contributed by atoms with Crippen LogP contribution >= 0.6 is 12.4 Å². The molecule has 1 saturated heterocycles. The molecule has 3 atom stereocenters. The number of anilines is 1. The number of likely N-dealkylation sites (tertiary alicyclic amines) is 1. The molecular weight excluding hydrogens is 428 g/mol. The summed E-state index contributed by atoms with van der Waals surface area (Å²) in [6, 6.07) is 2.85. The zero-order valence-corrected chi connectivity index (χ0v) is 18.0. The lowest BCUT2D eigenvalue weighted by Crippen LogP contribution is -2.50. The third-order valence-electron chi connectivity index (χ3n) is 5.39. The molecule has 11 nitrogen and oxygen atoms in total. The zero-order chi connectivity index (χ0) is 22.0. The number of hydrogen-bond acceptors (Lipinski definition) is 9. The highest BCUT2D eigenvalue weighted by molar-refractivity contribution is 5.99. The van der Waals surface area contributed by atoms with E-state index >= 15 is 0 Å². The SMILES string of the molecule is CC[C@H](C)[C@H](N)C(=O)OCN1C(=O)CC[C@H](n2nnc3cccc(N)c3c2=O)C1=O.Cl. The molecule has 0 saturated carbocycles. The molecule has 0 unspecified atom stereocenters. The molecule has 168 valence electrons. The van der Waals surface area contributed by atoms with Crippen LogP contribution in [-0.2, 0) is 19.1 Å². The van der Waals surface area contributed by atoms with Gasteiger partial charge in [0, 0.05) is 12.1 Å². The van der Waals surface area contributed by atoms with Crippen molar-refractivity contribution in [3.63, 3.8) is 0 Å². The topological polar surface area (TPSA) is 164 Å². The number of imide groups is 1. The molecule has 0 radical (unpaired) electrons. The Morgan fingerprint density at radius 3 is 2.71 bits per heavy atom. The summed E-state index contributed by atoms with van der Waals surface area (Å²) in [5, 5.41) is 7.96. The van der Waals surface area contributed by atoms with Crippen LogP contribution in [0, 0.1) is 5.92 Å². The molecule has 2 amide bonds. The highest BCUT2D eigenvalue weighted by Crippen LogP contribution is 2.23. The van der Waals surface area contributed by atoms with E-state index in [0.29, 0.717) is 11.9 Å². The van der Waals surface area contributed by atoms with Crippen molar-refractivity contribution in [1.82, 2.24) is 19.9 Å². The van der Waals surface area contributed by atoms with Crippen molar-refractivity contribution in [2.24, 2.45) is 11.7 Å². The molecule has 1 aromatic heterocycles. The number of hydrogen-bond donors (Lipinski definition) is 2. The number of halogens is 1. The van der Waals surface area contributed by atoms with E-state index in [1.54, 1.807) is 25.1 Å². The molecule has 3 rings (SSSR count). The summed E-state index contributed by atoms with van der Waals surface area (Å²) in [5.74, 6) is -2.04. The van der Waals surface area contributed by atoms with Crippen molar-refractivity contribution in [2.75, 3.05) is 12.5 Å². The Morgan fingerprint density at radius 1 is 1.32 bits per heavy atom. The second kappa shape index (κ2) is 9.84. The molecule has 1 aromatic carbocycles. The predicted molar refractivity (Wildman–Crippen MR) is 114 cm³/mol. The molecule has 0 bridgehead atoms. The molecule has 1 aliphatic heterocycles. The van der Waals surface area contributed by atoms with Gasteiger partial charge in [0.05, 0.1) is 5.39 Å². The van der Waals surface area contributed by atoms with Crippen molar-refractivity contribution in [2.45, 2.75) is 45.2 Å². The Kier molecular flexibility index (Phi) is 7.69. The highest BCUT2D eigenvalue weighted by atomic mass is 35.5. The molecule has 12 heteroatoms. The van der Waals surface area contributed by atoms with Crippen LogP contribution < -0.4 is 17.0 Å². The maximum Gasteiger partial charge on any atom is 0.324 e. The maximum atomic E-state index is 12.9. The van der Waals surface area contributed by atoms with Crippen molar-refractivity contribution in [3.8, 4) is 0 Å². The van der Waals surface area contributed by atoms with E-state index in [4.69, 9.17) is 16.2 Å². The molecular formula is C19H25ClN6O5. The fourth-order valence-electron chi connectivity index (χ4n) is 3.22. The molecule has 0 spiro atoms. The molecule has 1 fully saturated rings. The number of amides is 2. The third-order valence-corrected chi connectivity index (χ3v) is 5.39. The van der Waals surface area contributed by atoms with Crippen molar-refractivity contribution in [3.05, 3.63) is 28.6 Å². The summed E-state index contributed by atoms with van der Waals surface area (Å²) >= 11 is 0. The van der Waals surface area contributed by atoms with Crippen LogP contribution in [-0.4, -0.2) is 50.5 Å². The number of ether oxygens (including phenoxy) is 1. The van der Waals surface area contributed by atoms with E-state index in [1.807, 2.05) is 6.92 Å². The van der Waals surface area contributed by atoms with Crippen LogP contribution in [0.3, 0.4) is 0 Å². The fraction of sp³-hybridized carbons (Fsp3) is 0.474. The van der Waals surface area contributed by atoms with Crippen molar-refractivity contribution in [1.29, 1.82) is 0 Å². The first-order chi connectivity index (χ1) is 14.3. The van der Waals surface area contributed by atoms with E-state index < -0.39 is 42.2 Å². The van der Waals surface area contributed by atoms with Gasteiger partial charge < -0.3 is 16.2 Å². The van der Waals surface area contributed by atoms with Gasteiger partial charge in [-0.2, -0.15) is 4.68 Å². The lowest BCUT2D eigenvalue weighted by molar-refractivity contribution is -0.164. The summed E-state index contributed by atoms with van der Waals surface area (Å²) in [7, 11) is 0. The van der Waals surface area contributed by atoms with Gasteiger partial charge in [0.2, 0.25) is 5.91 Å². The first kappa shape index (κ1) is 24.2. The van der Waals surface area contributed by atoms with Gasteiger partial charge in [0.1, 0.15) is 17.6 Å². The van der Waals surface area contributed by atoms with E-state index in [0.717, 1.165) is 9.58 Å². The number of nitrogens with zero attached hydrogens (tertiary/aromatic N) is 4. The second-order valence-corrected chi connectivity index (χ2v) is 7.30. The lowest BCUT2D eigenvalue weighted by atomic mass is 10.0. The molecule has 2 aromatic rings. The van der Waals surface area contributed by atoms with Crippen LogP contribution in [0.15, 0.2) is 23.0 Å². The Labute approximate surface area is 184 Å². The number of piperidine rings is 1. The number of carbonyl (C=O) groups excluding carboxylic acids is 3. The molecule has 31 heavy (non-hydrogen) atoms. The number of carbonyl (C=O) groups is 3. The van der Waals surface area contributed by atoms with Crippen LogP contribution in [0.25, 0.3) is 10.9 Å². The Balaban J connectivity index is 0.00000341. The summed E-state index contributed by atoms with van der Waals surface area (Å²) in [6.07, 6.45) is 0.718. The Morgan fingerprint density at radius 2 is 2.03 bits per heavy atom. The predicted octanol–water partition coefficient (Wildman–Crippen LogP) is 0.360. The summed E-state index contributed by atoms with van der Waals surface area (Å²) in [6.45, 7) is 3.11. The van der Waals surface area contributed by atoms with Crippen molar-refractivity contribution < 1.29 is 19.1 Å². The monoisotopic (exact) mass is 452 g/mol. The zero-order valence-electron chi connectivity index (χ0n) is 17.2. The highest BCUT2D eigenvalue weighted by Gasteiger charge is 2.38. The first-order valence-electron chi connectivity index (χ1n) is 9.66. The van der Waals surface area contributed by atoms with Gasteiger partial charge in [0.25, 0.3) is 11.5 Å². The smallest absolute Gasteiger partial charge is 0.324 e. The average molecular weight is 453 g/mol. The number of rotatable bonds is 6. The molecule has 2 heterocycles. The van der Waals surface area contributed by atoms with Crippen LogP contribution in [0.1, 0.15) is 39.2 Å². The second-order valence-electron chi connectivity index (χ2n) is 7.30. The fourth-order valence-corrected chi connectivity index (χ4v) is 3.22. The molecule has 4 N–H and O–H groups in total. The van der Waals surface area contributed by atoms with Gasteiger partial charge in [-0.05, 0) is 24.5 Å². The maximum absolute atomic E-state index is 12.9. The molecule has 1 aliphatic rings. The van der Waals surface area contributed by atoms with Gasteiger partial charge in [-0.3, -0.25) is 19.2 Å². The molecule has 0 aliphatic carbocycles. The van der Waals surface area contributed by atoms with Crippen molar-refractivity contribution >= 4 is 46.8 Å². The average Bonchev–Trinajstić information content (AvgIpc) is 2.73.